The third kappa shape index (κ3) is 4.40. The molecular formula is C19H30N2O4. The molecule has 0 bridgehead atoms. The van der Waals surface area contributed by atoms with Crippen LogP contribution in [0, 0.1) is 17.3 Å². The van der Waals surface area contributed by atoms with Crippen molar-refractivity contribution in [1.82, 2.24) is 9.96 Å². The summed E-state index contributed by atoms with van der Waals surface area (Å²) < 4.78 is 0. The molecule has 6 heteroatoms. The van der Waals surface area contributed by atoms with Crippen molar-refractivity contribution in [3.63, 3.8) is 0 Å². The molecule has 1 saturated heterocycles. The first-order chi connectivity index (χ1) is 12.0. The fourth-order valence-electron chi connectivity index (χ4n) is 4.10. The summed E-state index contributed by atoms with van der Waals surface area (Å²) >= 11 is 0. The monoisotopic (exact) mass is 350 g/mol. The number of hydrogen-bond donors (Lipinski definition) is 1. The number of hydroxylamine groups is 2. The number of carbonyl (C=O) groups excluding carboxylic acids is 3. The highest BCUT2D eigenvalue weighted by Crippen LogP contribution is 2.55. The first-order valence-electron chi connectivity index (χ1n) is 9.72. The summed E-state index contributed by atoms with van der Waals surface area (Å²) in [4.78, 5) is 38.4. The minimum absolute atomic E-state index is 0.00929. The maximum Gasteiger partial charge on any atom is 0.233 e. The maximum atomic E-state index is 13.2. The highest BCUT2D eigenvalue weighted by atomic mass is 16.5. The van der Waals surface area contributed by atoms with Gasteiger partial charge < -0.3 is 4.90 Å². The zero-order valence-electron chi connectivity index (χ0n) is 15.2. The van der Waals surface area contributed by atoms with Crippen molar-refractivity contribution >= 4 is 18.1 Å². The van der Waals surface area contributed by atoms with Crippen molar-refractivity contribution in [3.8, 4) is 0 Å². The molecule has 140 valence electrons. The summed E-state index contributed by atoms with van der Waals surface area (Å²) in [5.41, 5.74) is 0.165. The minimum Gasteiger partial charge on any atom is -0.332 e. The number of likely N-dealkylation sites (tertiary alicyclic amines) is 1. The van der Waals surface area contributed by atoms with Crippen LogP contribution in [0.5, 0.6) is 0 Å². The molecule has 0 unspecified atom stereocenters. The van der Waals surface area contributed by atoms with E-state index in [1.54, 1.807) is 4.90 Å². The Labute approximate surface area is 149 Å². The topological polar surface area (TPSA) is 77.9 Å². The van der Waals surface area contributed by atoms with E-state index in [9.17, 15) is 19.6 Å². The summed E-state index contributed by atoms with van der Waals surface area (Å²) in [6, 6.07) is -0.289. The third-order valence-corrected chi connectivity index (χ3v) is 6.09. The molecule has 2 saturated carbocycles. The van der Waals surface area contributed by atoms with E-state index in [0.717, 1.165) is 44.9 Å². The molecule has 0 aromatic carbocycles. The Balaban J connectivity index is 1.70. The number of unbranched alkanes of at least 4 members (excludes halogenated alkanes) is 1. The van der Waals surface area contributed by atoms with E-state index in [0.29, 0.717) is 36.8 Å². The molecule has 1 aliphatic heterocycles. The predicted molar refractivity (Wildman–Crippen MR) is 91.7 cm³/mol. The zero-order chi connectivity index (χ0) is 18.0. The van der Waals surface area contributed by atoms with Gasteiger partial charge in [0.2, 0.25) is 12.3 Å². The molecule has 25 heavy (non-hydrogen) atoms. The SMILES string of the molecule is CCCC[C@H](CN(O)C=O)C(=O)N1CC2(CC2)C[C@H]1C(=O)CC1CC1. The van der Waals surface area contributed by atoms with Crippen molar-refractivity contribution in [2.45, 2.75) is 70.8 Å². The van der Waals surface area contributed by atoms with Gasteiger partial charge in [-0.05, 0) is 49.9 Å². The van der Waals surface area contributed by atoms with E-state index < -0.39 is 5.92 Å². The third-order valence-electron chi connectivity index (χ3n) is 6.09. The molecule has 3 fully saturated rings. The smallest absolute Gasteiger partial charge is 0.233 e. The summed E-state index contributed by atoms with van der Waals surface area (Å²) in [5, 5.41) is 10.1. The fraction of sp³-hybridized carbons (Fsp3) is 0.842. The Bertz CT molecular complexity index is 528. The van der Waals surface area contributed by atoms with Crippen molar-refractivity contribution in [3.05, 3.63) is 0 Å². The van der Waals surface area contributed by atoms with E-state index in [1.165, 1.54) is 0 Å². The normalized spacial score (nSPS) is 25.0. The number of carbonyl (C=O) groups is 3. The molecular weight excluding hydrogens is 320 g/mol. The van der Waals surface area contributed by atoms with Gasteiger partial charge in [-0.2, -0.15) is 0 Å². The van der Waals surface area contributed by atoms with Gasteiger partial charge in [-0.3, -0.25) is 19.6 Å². The number of amides is 2. The van der Waals surface area contributed by atoms with E-state index in [1.807, 2.05) is 0 Å². The van der Waals surface area contributed by atoms with Crippen LogP contribution < -0.4 is 0 Å². The molecule has 3 rings (SSSR count). The lowest BCUT2D eigenvalue weighted by Crippen LogP contribution is -2.46. The van der Waals surface area contributed by atoms with Crippen molar-refractivity contribution in [2.75, 3.05) is 13.1 Å². The quantitative estimate of drug-likeness (QED) is 0.373. The molecule has 2 aliphatic carbocycles. The Morgan fingerprint density at radius 2 is 2.08 bits per heavy atom. The molecule has 3 aliphatic rings. The highest BCUT2D eigenvalue weighted by Gasteiger charge is 2.55. The lowest BCUT2D eigenvalue weighted by Gasteiger charge is -2.29. The Morgan fingerprint density at radius 1 is 1.36 bits per heavy atom. The van der Waals surface area contributed by atoms with Gasteiger partial charge in [-0.25, -0.2) is 5.06 Å². The van der Waals surface area contributed by atoms with Crippen LogP contribution in [0.15, 0.2) is 0 Å². The minimum atomic E-state index is -0.430. The zero-order valence-corrected chi connectivity index (χ0v) is 15.2. The Hall–Kier alpha value is -1.43. The molecule has 2 atom stereocenters. The average molecular weight is 350 g/mol. The van der Waals surface area contributed by atoms with Crippen molar-refractivity contribution in [2.24, 2.45) is 17.3 Å². The Morgan fingerprint density at radius 3 is 2.64 bits per heavy atom. The van der Waals surface area contributed by atoms with Gasteiger partial charge in [0.25, 0.3) is 0 Å². The van der Waals surface area contributed by atoms with Crippen molar-refractivity contribution < 1.29 is 19.6 Å². The molecule has 6 nitrogen and oxygen atoms in total. The molecule has 1 N–H and O–H groups in total. The maximum absolute atomic E-state index is 13.2. The van der Waals surface area contributed by atoms with E-state index >= 15 is 0 Å². The van der Waals surface area contributed by atoms with Crippen molar-refractivity contribution in [1.29, 1.82) is 0 Å². The van der Waals surface area contributed by atoms with Gasteiger partial charge in [-0.1, -0.05) is 19.8 Å². The van der Waals surface area contributed by atoms with Gasteiger partial charge in [-0.15, -0.1) is 0 Å². The van der Waals surface area contributed by atoms with Gasteiger partial charge >= 0.3 is 0 Å². The predicted octanol–water partition coefficient (Wildman–Crippen LogP) is 2.39. The number of ketones is 1. The fourth-order valence-corrected chi connectivity index (χ4v) is 4.10. The lowest BCUT2D eigenvalue weighted by molar-refractivity contribution is -0.158. The summed E-state index contributed by atoms with van der Waals surface area (Å²) in [6.45, 7) is 2.73. The van der Waals surface area contributed by atoms with E-state index in [2.05, 4.69) is 6.92 Å². The molecule has 1 spiro atoms. The molecule has 1 heterocycles. The summed E-state index contributed by atoms with van der Waals surface area (Å²) in [5.74, 6) is 0.247. The van der Waals surface area contributed by atoms with Crippen LogP contribution in [-0.2, 0) is 14.4 Å². The first kappa shape index (κ1) is 18.4. The Kier molecular flexibility index (Phi) is 5.46. The van der Waals surface area contributed by atoms with Crippen LogP contribution in [0.4, 0.5) is 0 Å². The van der Waals surface area contributed by atoms with Gasteiger partial charge in [0.15, 0.2) is 5.78 Å². The van der Waals surface area contributed by atoms with E-state index in [4.69, 9.17) is 0 Å². The van der Waals surface area contributed by atoms with Gasteiger partial charge in [0, 0.05) is 13.0 Å². The number of nitrogens with zero attached hydrogens (tertiary/aromatic N) is 2. The molecule has 0 aromatic heterocycles. The second-order valence-corrected chi connectivity index (χ2v) is 8.37. The number of hydrogen-bond acceptors (Lipinski definition) is 4. The van der Waals surface area contributed by atoms with Gasteiger partial charge in [0.1, 0.15) is 0 Å². The van der Waals surface area contributed by atoms with Crippen LogP contribution in [-0.4, -0.2) is 52.4 Å². The molecule has 2 amide bonds. The van der Waals surface area contributed by atoms with E-state index in [-0.39, 0.29) is 29.7 Å². The molecule has 0 aromatic rings. The second-order valence-electron chi connectivity index (χ2n) is 8.37. The summed E-state index contributed by atoms with van der Waals surface area (Å²) in [6.07, 6.45) is 8.67. The lowest BCUT2D eigenvalue weighted by atomic mass is 9.97. The average Bonchev–Trinajstić information content (AvgIpc) is 3.50. The largest absolute Gasteiger partial charge is 0.332 e. The van der Waals surface area contributed by atoms with Crippen LogP contribution in [0.25, 0.3) is 0 Å². The van der Waals surface area contributed by atoms with Crippen LogP contribution >= 0.6 is 0 Å². The second kappa shape index (κ2) is 7.44. The van der Waals surface area contributed by atoms with Crippen LogP contribution in [0.1, 0.15) is 64.7 Å². The molecule has 0 radical (unpaired) electrons. The number of rotatable bonds is 10. The van der Waals surface area contributed by atoms with Crippen LogP contribution in [0.3, 0.4) is 0 Å². The standard InChI is InChI=1S/C19H30N2O4/c1-2-3-4-15(11-20(25)13-22)18(24)21-12-19(7-8-19)10-16(21)17(23)9-14-5-6-14/h13-16,25H,2-12H2,1H3/t15-,16+/m1/s1. The van der Waals surface area contributed by atoms with Gasteiger partial charge in [0.05, 0.1) is 18.5 Å². The van der Waals surface area contributed by atoms with Crippen LogP contribution in [0.2, 0.25) is 0 Å². The number of Topliss-reactive ketones (excluding diaryl/α,β-unsaturated/α-hetero) is 1. The first-order valence-corrected chi connectivity index (χ1v) is 9.72. The summed E-state index contributed by atoms with van der Waals surface area (Å²) in [7, 11) is 0. The highest BCUT2D eigenvalue weighted by molar-refractivity contribution is 5.91.